The van der Waals surface area contributed by atoms with Gasteiger partial charge in [-0.25, -0.2) is 0 Å². The van der Waals surface area contributed by atoms with Crippen LogP contribution in [-0.4, -0.2) is 43.0 Å². The first-order valence-corrected chi connectivity index (χ1v) is 22.3. The number of halogens is 1. The third-order valence-electron chi connectivity index (χ3n) is 10.4. The van der Waals surface area contributed by atoms with Crippen molar-refractivity contribution in [3.05, 3.63) is 57.1 Å². The van der Waals surface area contributed by atoms with E-state index in [1.54, 1.807) is 14.2 Å². The van der Waals surface area contributed by atoms with Crippen molar-refractivity contribution in [3.8, 4) is 23.0 Å². The lowest BCUT2D eigenvalue weighted by molar-refractivity contribution is -0.000502. The second kappa shape index (κ2) is 12.4. The molecule has 0 bridgehead atoms. The van der Waals surface area contributed by atoms with Gasteiger partial charge in [-0.1, -0.05) is 74.4 Å². The SMILES string of the molecule is COc1ccc(CO[C@H]2C[C@H](O[Si](C)(C)C(C)(C)C)C(=O)c3c2c(OC)c2cc(C)c(Br)c4c2c3O[Si](C(C)(C)C)(C(C)(C)C)O4)cc1. The van der Waals surface area contributed by atoms with E-state index in [-0.39, 0.29) is 20.9 Å². The van der Waals surface area contributed by atoms with E-state index >= 15 is 4.79 Å². The van der Waals surface area contributed by atoms with Gasteiger partial charge in [0.15, 0.2) is 14.1 Å². The van der Waals surface area contributed by atoms with Crippen LogP contribution in [0.15, 0.2) is 34.8 Å². The molecule has 7 nitrogen and oxygen atoms in total. The lowest BCUT2D eigenvalue weighted by Crippen LogP contribution is -2.63. The number of aryl methyl sites for hydroxylation is 1. The molecule has 0 fully saturated rings. The summed E-state index contributed by atoms with van der Waals surface area (Å²) < 4.78 is 40.8. The molecule has 2 atom stereocenters. The Bertz CT molecular complexity index is 1720. The van der Waals surface area contributed by atoms with Crippen molar-refractivity contribution in [1.82, 2.24) is 0 Å². The minimum Gasteiger partial charge on any atom is -0.510 e. The van der Waals surface area contributed by atoms with Crippen molar-refractivity contribution >= 4 is 49.4 Å². The van der Waals surface area contributed by atoms with E-state index in [4.69, 9.17) is 27.5 Å². The number of ether oxygens (including phenoxy) is 3. The number of rotatable bonds is 7. The standard InChI is InChI=1S/C38H53BrO7Si2/c1-22-19-25-28-34(45-48(37(5,6)7,38(8,9)10)46-35(28)31(22)39)30-29(33(25)42-12)26(43-21-23-15-17-24(41-11)18-16-23)20-27(32(30)40)44-47(13,14)36(2,3)4/h15-19,26-27H,20-21H2,1-14H3/t26-,27-/m0/s1. The highest BCUT2D eigenvalue weighted by Crippen LogP contribution is 2.62. The number of benzene rings is 3. The third-order valence-corrected chi connectivity index (χ3v) is 20.8. The average molecular weight is 758 g/mol. The zero-order valence-corrected chi connectivity index (χ0v) is 34.8. The molecular weight excluding hydrogens is 704 g/mol. The number of methoxy groups -OCH3 is 2. The van der Waals surface area contributed by atoms with Crippen molar-refractivity contribution in [2.24, 2.45) is 0 Å². The van der Waals surface area contributed by atoms with Crippen LogP contribution in [0.25, 0.3) is 10.8 Å². The highest BCUT2D eigenvalue weighted by molar-refractivity contribution is 9.10. The van der Waals surface area contributed by atoms with Crippen LogP contribution in [0.1, 0.15) is 102 Å². The third kappa shape index (κ3) is 6.03. The van der Waals surface area contributed by atoms with Gasteiger partial charge < -0.3 is 27.5 Å². The highest BCUT2D eigenvalue weighted by atomic mass is 79.9. The highest BCUT2D eigenvalue weighted by Gasteiger charge is 2.65. The van der Waals surface area contributed by atoms with Gasteiger partial charge in [-0.05, 0) is 70.3 Å². The van der Waals surface area contributed by atoms with E-state index in [0.717, 1.165) is 32.1 Å². The summed E-state index contributed by atoms with van der Waals surface area (Å²) in [5, 5.41) is 0.772. The van der Waals surface area contributed by atoms with E-state index in [2.05, 4.69) is 104 Å². The van der Waals surface area contributed by atoms with Gasteiger partial charge >= 0.3 is 8.56 Å². The number of hydrogen-bond acceptors (Lipinski definition) is 7. The van der Waals surface area contributed by atoms with Gasteiger partial charge in [0.1, 0.15) is 29.1 Å². The summed E-state index contributed by atoms with van der Waals surface area (Å²) in [5.74, 6) is 2.56. The fourth-order valence-electron chi connectivity index (χ4n) is 6.97. The molecule has 1 aliphatic heterocycles. The fourth-order valence-corrected chi connectivity index (χ4v) is 13.3. The van der Waals surface area contributed by atoms with Crippen LogP contribution in [0.3, 0.4) is 0 Å². The van der Waals surface area contributed by atoms with Gasteiger partial charge in [-0.2, -0.15) is 0 Å². The quantitative estimate of drug-likeness (QED) is 0.222. The maximum atomic E-state index is 15.1. The van der Waals surface area contributed by atoms with Crippen molar-refractivity contribution in [2.45, 2.75) is 123 Å². The van der Waals surface area contributed by atoms with Gasteiger partial charge in [-0.15, -0.1) is 0 Å². The molecule has 0 saturated heterocycles. The summed E-state index contributed by atoms with van der Waals surface area (Å²) in [6.45, 7) is 26.4. The van der Waals surface area contributed by atoms with Gasteiger partial charge in [0, 0.05) is 27.4 Å². The Morgan fingerprint density at radius 1 is 0.896 bits per heavy atom. The van der Waals surface area contributed by atoms with E-state index in [1.807, 2.05) is 24.3 Å². The number of carbonyl (C=O) groups excluding carboxylic acids is 1. The first-order valence-electron chi connectivity index (χ1n) is 16.8. The molecule has 48 heavy (non-hydrogen) atoms. The maximum Gasteiger partial charge on any atom is 0.471 e. The normalized spacial score (nSPS) is 19.4. The molecular formula is C38H53BrO7Si2. The second-order valence-electron chi connectivity index (χ2n) is 16.8. The monoisotopic (exact) mass is 756 g/mol. The van der Waals surface area contributed by atoms with Crippen LogP contribution in [0.2, 0.25) is 28.2 Å². The summed E-state index contributed by atoms with van der Waals surface area (Å²) >= 11 is 3.88. The zero-order chi connectivity index (χ0) is 35.8. The number of hydrogen-bond donors (Lipinski definition) is 0. The summed E-state index contributed by atoms with van der Waals surface area (Å²) in [5.41, 5.74) is 3.20. The Hall–Kier alpha value is -2.38. The molecule has 0 aromatic heterocycles. The first kappa shape index (κ1) is 36.9. The average Bonchev–Trinajstić information content (AvgIpc) is 2.98. The number of Topliss-reactive ketones (excluding diaryl/α,β-unsaturated/α-hetero) is 1. The summed E-state index contributed by atoms with van der Waals surface area (Å²) in [4.78, 5) is 15.1. The Kier molecular flexibility index (Phi) is 9.56. The van der Waals surface area contributed by atoms with Gasteiger partial charge in [0.2, 0.25) is 0 Å². The molecule has 1 aliphatic carbocycles. The van der Waals surface area contributed by atoms with E-state index in [9.17, 15) is 0 Å². The smallest absolute Gasteiger partial charge is 0.471 e. The molecule has 262 valence electrons. The van der Waals surface area contributed by atoms with Crippen molar-refractivity contribution in [3.63, 3.8) is 0 Å². The maximum absolute atomic E-state index is 15.1. The Balaban J connectivity index is 1.82. The topological polar surface area (TPSA) is 72.5 Å². The Morgan fingerprint density at radius 3 is 2.00 bits per heavy atom. The molecule has 10 heteroatoms. The lowest BCUT2D eigenvalue weighted by Gasteiger charge is -2.51. The second-order valence-corrected chi connectivity index (χ2v) is 27.0. The van der Waals surface area contributed by atoms with Gasteiger partial charge in [-0.3, -0.25) is 4.79 Å². The minimum atomic E-state index is -3.19. The van der Waals surface area contributed by atoms with Crippen molar-refractivity contribution in [2.75, 3.05) is 14.2 Å². The van der Waals surface area contributed by atoms with Crippen LogP contribution < -0.4 is 18.3 Å². The van der Waals surface area contributed by atoms with Gasteiger partial charge in [0.25, 0.3) is 0 Å². The fraction of sp³-hybridized carbons (Fsp3) is 0.553. The van der Waals surface area contributed by atoms with Crippen LogP contribution in [0.5, 0.6) is 23.0 Å². The van der Waals surface area contributed by atoms with E-state index in [0.29, 0.717) is 41.4 Å². The largest absolute Gasteiger partial charge is 0.510 e. The summed E-state index contributed by atoms with van der Waals surface area (Å²) in [6, 6.07) is 9.94. The molecule has 3 aromatic rings. The van der Waals surface area contributed by atoms with Crippen LogP contribution in [-0.2, 0) is 15.8 Å². The van der Waals surface area contributed by atoms with E-state index in [1.165, 1.54) is 0 Å². The first-order chi connectivity index (χ1) is 22.1. The number of fused-ring (bicyclic) bond motifs is 2. The van der Waals surface area contributed by atoms with Crippen LogP contribution in [0.4, 0.5) is 0 Å². The lowest BCUT2D eigenvalue weighted by atomic mass is 9.82. The van der Waals surface area contributed by atoms with Gasteiger partial charge in [0.05, 0.1) is 42.4 Å². The molecule has 0 radical (unpaired) electrons. The van der Waals surface area contributed by atoms with E-state index < -0.39 is 29.1 Å². The Morgan fingerprint density at radius 2 is 1.48 bits per heavy atom. The number of ketones is 1. The van der Waals surface area contributed by atoms with Crippen molar-refractivity contribution < 1.29 is 32.3 Å². The molecule has 5 rings (SSSR count). The molecule has 0 amide bonds. The van der Waals surface area contributed by atoms with Crippen LogP contribution in [0, 0.1) is 6.92 Å². The molecule has 3 aromatic carbocycles. The summed E-state index contributed by atoms with van der Waals surface area (Å²) in [7, 11) is -2.25. The number of carbonyl (C=O) groups is 1. The Labute approximate surface area is 297 Å². The zero-order valence-electron chi connectivity index (χ0n) is 31.2. The molecule has 0 N–H and O–H groups in total. The summed E-state index contributed by atoms with van der Waals surface area (Å²) in [6.07, 6.45) is -0.832. The predicted molar refractivity (Wildman–Crippen MR) is 201 cm³/mol. The minimum absolute atomic E-state index is 0.0930. The molecule has 2 aliphatic rings. The molecule has 0 spiro atoms. The van der Waals surface area contributed by atoms with Crippen LogP contribution >= 0.6 is 15.9 Å². The molecule has 0 saturated carbocycles. The predicted octanol–water partition coefficient (Wildman–Crippen LogP) is 11.0. The molecule has 0 unspecified atom stereocenters. The van der Waals surface area contributed by atoms with Crippen molar-refractivity contribution in [1.29, 1.82) is 0 Å². The molecule has 1 heterocycles.